The molecule has 1 saturated heterocycles. The molecule has 0 spiro atoms. The summed E-state index contributed by atoms with van der Waals surface area (Å²) in [5.41, 5.74) is 2.14. The number of aryl methyl sites for hydroxylation is 1. The summed E-state index contributed by atoms with van der Waals surface area (Å²) in [6, 6.07) is 9.22. The number of fused-ring (bicyclic) bond motifs is 1. The number of pyridine rings is 2. The maximum atomic E-state index is 11.1. The van der Waals surface area contributed by atoms with Crippen LogP contribution in [0.2, 0.25) is 0 Å². The van der Waals surface area contributed by atoms with Gasteiger partial charge in [0, 0.05) is 25.2 Å². The molecule has 0 amide bonds. The lowest BCUT2D eigenvalue weighted by molar-refractivity contribution is 0.0690. The van der Waals surface area contributed by atoms with Crippen LogP contribution in [0.3, 0.4) is 0 Å². The summed E-state index contributed by atoms with van der Waals surface area (Å²) < 4.78 is 2.07. The number of hydrogen-bond donors (Lipinski definition) is 1. The minimum atomic E-state index is -0.998. The van der Waals surface area contributed by atoms with Crippen molar-refractivity contribution in [3.63, 3.8) is 0 Å². The van der Waals surface area contributed by atoms with E-state index in [1.807, 2.05) is 25.3 Å². The number of aromatic nitrogens is 4. The standard InChI is InChI=1S/C18H19N5O2/c1-12-5-10-23-16(11-12)20-21-17(23)13-6-8-22(9-7-13)15-4-2-3-14(19-15)18(24)25/h2-5,10-11,13H,6-9H2,1H3,(H,24,25). The van der Waals surface area contributed by atoms with Crippen LogP contribution >= 0.6 is 0 Å². The van der Waals surface area contributed by atoms with Crippen LogP contribution in [0.5, 0.6) is 0 Å². The Kier molecular flexibility index (Phi) is 3.83. The Morgan fingerprint density at radius 3 is 2.76 bits per heavy atom. The molecule has 7 nitrogen and oxygen atoms in total. The van der Waals surface area contributed by atoms with E-state index in [1.165, 1.54) is 11.6 Å². The molecule has 0 unspecified atom stereocenters. The zero-order chi connectivity index (χ0) is 17.4. The third kappa shape index (κ3) is 2.93. The molecular weight excluding hydrogens is 318 g/mol. The predicted molar refractivity (Wildman–Crippen MR) is 93.1 cm³/mol. The molecule has 1 N–H and O–H groups in total. The molecule has 1 aliphatic heterocycles. The highest BCUT2D eigenvalue weighted by molar-refractivity contribution is 5.85. The van der Waals surface area contributed by atoms with Crippen LogP contribution in [0.25, 0.3) is 5.65 Å². The van der Waals surface area contributed by atoms with Gasteiger partial charge in [-0.3, -0.25) is 4.40 Å². The van der Waals surface area contributed by atoms with Crippen LogP contribution < -0.4 is 4.90 Å². The molecule has 1 fully saturated rings. The molecule has 0 saturated carbocycles. The van der Waals surface area contributed by atoms with E-state index in [-0.39, 0.29) is 5.69 Å². The number of aromatic carboxylic acids is 1. The molecule has 128 valence electrons. The second kappa shape index (κ2) is 6.16. The lowest BCUT2D eigenvalue weighted by atomic mass is 9.96. The fourth-order valence-corrected chi connectivity index (χ4v) is 3.37. The molecule has 4 heterocycles. The van der Waals surface area contributed by atoms with Gasteiger partial charge < -0.3 is 10.0 Å². The summed E-state index contributed by atoms with van der Waals surface area (Å²) in [5.74, 6) is 1.07. The summed E-state index contributed by atoms with van der Waals surface area (Å²) in [5, 5.41) is 17.8. The van der Waals surface area contributed by atoms with E-state index in [0.717, 1.165) is 43.2 Å². The fraction of sp³-hybridized carbons (Fsp3) is 0.333. The Bertz CT molecular complexity index is 928. The second-order valence-corrected chi connectivity index (χ2v) is 6.44. The van der Waals surface area contributed by atoms with Crippen LogP contribution in [0.15, 0.2) is 36.5 Å². The molecule has 4 rings (SSSR count). The Morgan fingerprint density at radius 1 is 1.20 bits per heavy atom. The molecule has 0 aliphatic carbocycles. The van der Waals surface area contributed by atoms with Crippen molar-refractivity contribution in [2.45, 2.75) is 25.7 Å². The van der Waals surface area contributed by atoms with Gasteiger partial charge in [-0.2, -0.15) is 0 Å². The van der Waals surface area contributed by atoms with E-state index >= 15 is 0 Å². The van der Waals surface area contributed by atoms with Crippen LogP contribution in [0, 0.1) is 6.92 Å². The van der Waals surface area contributed by atoms with Crippen molar-refractivity contribution in [1.29, 1.82) is 0 Å². The highest BCUT2D eigenvalue weighted by Gasteiger charge is 2.25. The number of carbonyl (C=O) groups is 1. The van der Waals surface area contributed by atoms with Crippen molar-refractivity contribution < 1.29 is 9.90 Å². The van der Waals surface area contributed by atoms with Crippen molar-refractivity contribution in [1.82, 2.24) is 19.6 Å². The van der Waals surface area contributed by atoms with Gasteiger partial charge in [-0.15, -0.1) is 10.2 Å². The SMILES string of the molecule is Cc1ccn2c(C3CCN(c4cccc(C(=O)O)n4)CC3)nnc2c1. The predicted octanol–water partition coefficient (Wildman–Crippen LogP) is 2.51. The van der Waals surface area contributed by atoms with Crippen molar-refractivity contribution in [3.05, 3.63) is 53.6 Å². The number of hydrogen-bond acceptors (Lipinski definition) is 5. The molecule has 25 heavy (non-hydrogen) atoms. The van der Waals surface area contributed by atoms with Crippen LogP contribution in [-0.2, 0) is 0 Å². The Morgan fingerprint density at radius 2 is 2.00 bits per heavy atom. The zero-order valence-corrected chi connectivity index (χ0v) is 14.0. The maximum absolute atomic E-state index is 11.1. The van der Waals surface area contributed by atoms with Crippen LogP contribution in [0.4, 0.5) is 5.82 Å². The molecule has 0 radical (unpaired) electrons. The van der Waals surface area contributed by atoms with E-state index in [1.54, 1.807) is 6.07 Å². The number of anilines is 1. The Hall–Kier alpha value is -2.96. The topological polar surface area (TPSA) is 83.6 Å². The first kappa shape index (κ1) is 15.6. The number of carboxylic acid groups (broad SMARTS) is 1. The van der Waals surface area contributed by atoms with Gasteiger partial charge in [0.15, 0.2) is 11.3 Å². The van der Waals surface area contributed by atoms with E-state index in [9.17, 15) is 4.79 Å². The minimum Gasteiger partial charge on any atom is -0.477 e. The van der Waals surface area contributed by atoms with Gasteiger partial charge >= 0.3 is 5.97 Å². The average Bonchev–Trinajstić information content (AvgIpc) is 3.05. The molecule has 3 aromatic heterocycles. The van der Waals surface area contributed by atoms with E-state index in [0.29, 0.717) is 5.92 Å². The van der Waals surface area contributed by atoms with Gasteiger partial charge in [0.05, 0.1) is 0 Å². The van der Waals surface area contributed by atoms with E-state index in [2.05, 4.69) is 30.5 Å². The van der Waals surface area contributed by atoms with Gasteiger partial charge in [-0.05, 0) is 49.6 Å². The highest BCUT2D eigenvalue weighted by Crippen LogP contribution is 2.29. The molecule has 0 aromatic carbocycles. The quantitative estimate of drug-likeness (QED) is 0.790. The summed E-state index contributed by atoms with van der Waals surface area (Å²) >= 11 is 0. The molecule has 1 aliphatic rings. The van der Waals surface area contributed by atoms with Crippen molar-refractivity contribution >= 4 is 17.4 Å². The van der Waals surface area contributed by atoms with E-state index in [4.69, 9.17) is 5.11 Å². The summed E-state index contributed by atoms with van der Waals surface area (Å²) in [6.45, 7) is 3.69. The molecule has 0 bridgehead atoms. The molecule has 3 aromatic rings. The third-order valence-corrected chi connectivity index (χ3v) is 4.73. The van der Waals surface area contributed by atoms with Crippen LogP contribution in [-0.4, -0.2) is 43.7 Å². The smallest absolute Gasteiger partial charge is 0.354 e. The van der Waals surface area contributed by atoms with Crippen molar-refractivity contribution in [2.75, 3.05) is 18.0 Å². The number of nitrogens with zero attached hydrogens (tertiary/aromatic N) is 5. The summed E-state index contributed by atoms with van der Waals surface area (Å²) in [7, 11) is 0. The summed E-state index contributed by atoms with van der Waals surface area (Å²) in [6.07, 6.45) is 3.91. The first-order valence-corrected chi connectivity index (χ1v) is 8.38. The molecule has 7 heteroatoms. The number of carboxylic acids is 1. The monoisotopic (exact) mass is 337 g/mol. The normalized spacial score (nSPS) is 15.6. The lowest BCUT2D eigenvalue weighted by Crippen LogP contribution is -2.34. The maximum Gasteiger partial charge on any atom is 0.354 e. The lowest BCUT2D eigenvalue weighted by Gasteiger charge is -2.32. The van der Waals surface area contributed by atoms with Gasteiger partial charge in [-0.25, -0.2) is 9.78 Å². The fourth-order valence-electron chi connectivity index (χ4n) is 3.37. The number of rotatable bonds is 3. The number of piperidine rings is 1. The molecule has 0 atom stereocenters. The van der Waals surface area contributed by atoms with Crippen LogP contribution in [0.1, 0.15) is 40.6 Å². The minimum absolute atomic E-state index is 0.0819. The van der Waals surface area contributed by atoms with Gasteiger partial charge in [0.1, 0.15) is 11.6 Å². The van der Waals surface area contributed by atoms with Gasteiger partial charge in [0.25, 0.3) is 0 Å². The van der Waals surface area contributed by atoms with Crippen molar-refractivity contribution in [2.24, 2.45) is 0 Å². The third-order valence-electron chi connectivity index (χ3n) is 4.73. The Labute approximate surface area is 144 Å². The summed E-state index contributed by atoms with van der Waals surface area (Å²) in [4.78, 5) is 17.5. The van der Waals surface area contributed by atoms with E-state index < -0.39 is 5.97 Å². The first-order chi connectivity index (χ1) is 12.1. The first-order valence-electron chi connectivity index (χ1n) is 8.38. The average molecular weight is 337 g/mol. The van der Waals surface area contributed by atoms with Crippen molar-refractivity contribution in [3.8, 4) is 0 Å². The largest absolute Gasteiger partial charge is 0.477 e. The highest BCUT2D eigenvalue weighted by atomic mass is 16.4. The van der Waals surface area contributed by atoms with Gasteiger partial charge in [0.2, 0.25) is 0 Å². The molecular formula is C18H19N5O2. The second-order valence-electron chi connectivity index (χ2n) is 6.44. The Balaban J connectivity index is 1.51. The van der Waals surface area contributed by atoms with Gasteiger partial charge in [-0.1, -0.05) is 6.07 Å². The zero-order valence-electron chi connectivity index (χ0n) is 14.0.